The molecule has 0 spiro atoms. The van der Waals surface area contributed by atoms with Crippen LogP contribution in [0, 0.1) is 0 Å². The van der Waals surface area contributed by atoms with Crippen molar-refractivity contribution in [3.8, 4) is 5.75 Å². The molecule has 0 atom stereocenters. The molecule has 0 aliphatic carbocycles. The standard InChI is InChI=1S/C16H15BrN2O3S/c17-14-1-3-16(4-2-14)23(21,22)19-7-5-12(6-8-19)13-9-15(20)11-18-10-13/h1-5,9-11,20H,6-8H2. The topological polar surface area (TPSA) is 70.5 Å². The summed E-state index contributed by atoms with van der Waals surface area (Å²) in [6, 6.07) is 8.26. The summed E-state index contributed by atoms with van der Waals surface area (Å²) in [4.78, 5) is 4.24. The van der Waals surface area contributed by atoms with E-state index in [9.17, 15) is 13.5 Å². The van der Waals surface area contributed by atoms with Crippen LogP contribution in [0.25, 0.3) is 5.57 Å². The first kappa shape index (κ1) is 16.2. The fraction of sp³-hybridized carbons (Fsp3) is 0.188. The highest BCUT2D eigenvalue weighted by Crippen LogP contribution is 2.27. The molecule has 3 rings (SSSR count). The first-order valence-electron chi connectivity index (χ1n) is 7.06. The van der Waals surface area contributed by atoms with Crippen LogP contribution in [0.1, 0.15) is 12.0 Å². The summed E-state index contributed by atoms with van der Waals surface area (Å²) in [5.74, 6) is 0.105. The maximum atomic E-state index is 12.6. The second kappa shape index (κ2) is 6.43. The molecule has 2 aromatic rings. The van der Waals surface area contributed by atoms with Gasteiger partial charge in [-0.05, 0) is 47.9 Å². The molecule has 0 bridgehead atoms. The van der Waals surface area contributed by atoms with Crippen molar-refractivity contribution in [2.24, 2.45) is 0 Å². The smallest absolute Gasteiger partial charge is 0.243 e. The largest absolute Gasteiger partial charge is 0.506 e. The van der Waals surface area contributed by atoms with E-state index in [-0.39, 0.29) is 10.6 Å². The van der Waals surface area contributed by atoms with Gasteiger partial charge in [0.2, 0.25) is 10.0 Å². The Morgan fingerprint density at radius 1 is 1.17 bits per heavy atom. The number of aromatic nitrogens is 1. The monoisotopic (exact) mass is 394 g/mol. The van der Waals surface area contributed by atoms with Crippen LogP contribution < -0.4 is 0 Å². The Hall–Kier alpha value is -1.70. The first-order valence-corrected chi connectivity index (χ1v) is 9.29. The van der Waals surface area contributed by atoms with Crippen LogP contribution in [0.15, 0.2) is 58.2 Å². The minimum Gasteiger partial charge on any atom is -0.506 e. The normalized spacial score (nSPS) is 16.1. The highest BCUT2D eigenvalue weighted by atomic mass is 79.9. The quantitative estimate of drug-likeness (QED) is 0.868. The molecule has 23 heavy (non-hydrogen) atoms. The van der Waals surface area contributed by atoms with Crippen LogP contribution in [0.4, 0.5) is 0 Å². The molecule has 0 saturated carbocycles. The number of rotatable bonds is 3. The van der Waals surface area contributed by atoms with Crippen LogP contribution in [0.2, 0.25) is 0 Å². The van der Waals surface area contributed by atoms with Crippen molar-refractivity contribution < 1.29 is 13.5 Å². The maximum Gasteiger partial charge on any atom is 0.243 e. The molecule has 5 nitrogen and oxygen atoms in total. The van der Waals surface area contributed by atoms with E-state index < -0.39 is 10.0 Å². The highest BCUT2D eigenvalue weighted by Gasteiger charge is 2.26. The van der Waals surface area contributed by atoms with Crippen molar-refractivity contribution >= 4 is 31.5 Å². The highest BCUT2D eigenvalue weighted by molar-refractivity contribution is 9.10. The predicted molar refractivity (Wildman–Crippen MR) is 91.4 cm³/mol. The molecular formula is C16H15BrN2O3S. The number of halogens is 1. The van der Waals surface area contributed by atoms with Gasteiger partial charge in [-0.3, -0.25) is 4.98 Å². The number of sulfonamides is 1. The van der Waals surface area contributed by atoms with E-state index in [4.69, 9.17) is 0 Å². The van der Waals surface area contributed by atoms with E-state index in [1.807, 2.05) is 6.08 Å². The van der Waals surface area contributed by atoms with Gasteiger partial charge in [0.1, 0.15) is 5.75 Å². The molecule has 1 aliphatic rings. The minimum atomic E-state index is -3.49. The van der Waals surface area contributed by atoms with Gasteiger partial charge in [-0.2, -0.15) is 4.31 Å². The molecular weight excluding hydrogens is 380 g/mol. The van der Waals surface area contributed by atoms with Crippen LogP contribution in [-0.2, 0) is 10.0 Å². The van der Waals surface area contributed by atoms with Crippen molar-refractivity contribution in [2.75, 3.05) is 13.1 Å². The third-order valence-corrected chi connectivity index (χ3v) is 6.13. The van der Waals surface area contributed by atoms with Gasteiger partial charge < -0.3 is 5.11 Å². The van der Waals surface area contributed by atoms with Gasteiger partial charge in [0.05, 0.1) is 11.1 Å². The first-order chi connectivity index (χ1) is 11.0. The Morgan fingerprint density at radius 2 is 1.91 bits per heavy atom. The van der Waals surface area contributed by atoms with Gasteiger partial charge in [0, 0.05) is 23.8 Å². The molecule has 0 amide bonds. The lowest BCUT2D eigenvalue weighted by Crippen LogP contribution is -2.34. The molecule has 0 saturated heterocycles. The maximum absolute atomic E-state index is 12.6. The lowest BCUT2D eigenvalue weighted by atomic mass is 10.0. The van der Waals surface area contributed by atoms with Crippen LogP contribution in [-0.4, -0.2) is 35.9 Å². The molecule has 0 unspecified atom stereocenters. The zero-order valence-electron chi connectivity index (χ0n) is 12.2. The van der Waals surface area contributed by atoms with Gasteiger partial charge in [-0.15, -0.1) is 0 Å². The third kappa shape index (κ3) is 3.46. The number of hydrogen-bond acceptors (Lipinski definition) is 4. The summed E-state index contributed by atoms with van der Waals surface area (Å²) in [6.07, 6.45) is 5.50. The lowest BCUT2D eigenvalue weighted by Gasteiger charge is -2.26. The zero-order valence-corrected chi connectivity index (χ0v) is 14.6. The molecule has 0 fully saturated rings. The van der Waals surface area contributed by atoms with E-state index in [1.54, 1.807) is 36.5 Å². The number of benzene rings is 1. The Bertz CT molecular complexity index is 848. The average Bonchev–Trinajstić information content (AvgIpc) is 2.55. The van der Waals surface area contributed by atoms with E-state index >= 15 is 0 Å². The van der Waals surface area contributed by atoms with Gasteiger partial charge in [0.25, 0.3) is 0 Å². The van der Waals surface area contributed by atoms with E-state index in [0.29, 0.717) is 19.5 Å². The Kier molecular flexibility index (Phi) is 4.52. The lowest BCUT2D eigenvalue weighted by molar-refractivity contribution is 0.441. The predicted octanol–water partition coefficient (Wildman–Crippen LogP) is 3.03. The Labute approximate surface area is 143 Å². The zero-order chi connectivity index (χ0) is 16.4. The van der Waals surface area contributed by atoms with E-state index in [0.717, 1.165) is 15.6 Å². The molecule has 120 valence electrons. The van der Waals surface area contributed by atoms with Crippen LogP contribution in [0.3, 0.4) is 0 Å². The summed E-state index contributed by atoms with van der Waals surface area (Å²) in [5.41, 5.74) is 1.82. The Morgan fingerprint density at radius 3 is 2.52 bits per heavy atom. The second-order valence-corrected chi connectivity index (χ2v) is 8.08. The number of nitrogens with zero attached hydrogens (tertiary/aromatic N) is 2. The molecule has 1 aliphatic heterocycles. The molecule has 1 N–H and O–H groups in total. The van der Waals surface area contributed by atoms with Crippen molar-refractivity contribution in [1.29, 1.82) is 0 Å². The third-order valence-electron chi connectivity index (χ3n) is 3.72. The van der Waals surface area contributed by atoms with Crippen molar-refractivity contribution in [2.45, 2.75) is 11.3 Å². The van der Waals surface area contributed by atoms with Gasteiger partial charge >= 0.3 is 0 Å². The summed E-state index contributed by atoms with van der Waals surface area (Å²) in [5, 5.41) is 9.50. The van der Waals surface area contributed by atoms with Gasteiger partial charge in [-0.25, -0.2) is 8.42 Å². The van der Waals surface area contributed by atoms with Gasteiger partial charge in [0.15, 0.2) is 0 Å². The number of aromatic hydroxyl groups is 1. The van der Waals surface area contributed by atoms with E-state index in [1.165, 1.54) is 10.5 Å². The number of hydrogen-bond donors (Lipinski definition) is 1. The fourth-order valence-electron chi connectivity index (χ4n) is 2.49. The second-order valence-electron chi connectivity index (χ2n) is 5.23. The minimum absolute atomic E-state index is 0.105. The van der Waals surface area contributed by atoms with Crippen molar-refractivity contribution in [1.82, 2.24) is 9.29 Å². The molecule has 7 heteroatoms. The molecule has 1 aromatic carbocycles. The Balaban J connectivity index is 1.81. The molecule has 1 aromatic heterocycles. The van der Waals surface area contributed by atoms with Crippen LogP contribution in [0.5, 0.6) is 5.75 Å². The summed E-state index contributed by atoms with van der Waals surface area (Å²) < 4.78 is 27.5. The fourth-order valence-corrected chi connectivity index (χ4v) is 4.13. The van der Waals surface area contributed by atoms with Gasteiger partial charge in [-0.1, -0.05) is 22.0 Å². The SMILES string of the molecule is O=S(=O)(c1ccc(Br)cc1)N1CC=C(c2cncc(O)c2)CC1. The molecule has 2 heterocycles. The summed E-state index contributed by atoms with van der Waals surface area (Å²) in [6.45, 7) is 0.712. The summed E-state index contributed by atoms with van der Waals surface area (Å²) in [7, 11) is -3.49. The number of pyridine rings is 1. The average molecular weight is 395 g/mol. The summed E-state index contributed by atoms with van der Waals surface area (Å²) >= 11 is 3.30. The molecule has 0 radical (unpaired) electrons. The van der Waals surface area contributed by atoms with E-state index in [2.05, 4.69) is 20.9 Å². The van der Waals surface area contributed by atoms with Crippen LogP contribution >= 0.6 is 15.9 Å². The van der Waals surface area contributed by atoms with Crippen molar-refractivity contribution in [3.63, 3.8) is 0 Å². The van der Waals surface area contributed by atoms with Crippen molar-refractivity contribution in [3.05, 3.63) is 58.8 Å².